The van der Waals surface area contributed by atoms with E-state index in [0.29, 0.717) is 5.75 Å². The van der Waals surface area contributed by atoms with E-state index in [1.165, 1.54) is 17.5 Å². The Bertz CT molecular complexity index is 512. The number of phenolic OH excluding ortho intramolecular Hbond substituents is 1. The summed E-state index contributed by atoms with van der Waals surface area (Å²) in [5, 5.41) is 10.1. The number of rotatable bonds is 4. The van der Waals surface area contributed by atoms with Crippen LogP contribution in [0.1, 0.15) is 30.9 Å². The highest BCUT2D eigenvalue weighted by Gasteiger charge is 2.09. The van der Waals surface area contributed by atoms with Gasteiger partial charge in [0.2, 0.25) is 0 Å². The number of benzene rings is 2. The van der Waals surface area contributed by atoms with Crippen molar-refractivity contribution >= 4 is 0 Å². The van der Waals surface area contributed by atoms with Crippen molar-refractivity contribution in [2.45, 2.75) is 33.1 Å². The molecule has 1 nitrogen and oxygen atoms in total. The topological polar surface area (TPSA) is 20.2 Å². The summed E-state index contributed by atoms with van der Waals surface area (Å²) in [6.45, 7) is 4.26. The summed E-state index contributed by atoms with van der Waals surface area (Å²) in [6, 6.07) is 14.2. The van der Waals surface area contributed by atoms with Crippen molar-refractivity contribution < 1.29 is 5.11 Å². The van der Waals surface area contributed by atoms with Crippen LogP contribution in [0.15, 0.2) is 42.5 Å². The predicted molar refractivity (Wildman–Crippen MR) is 76.9 cm³/mol. The second-order valence-electron chi connectivity index (χ2n) is 4.78. The molecule has 0 aliphatic heterocycles. The zero-order valence-electron chi connectivity index (χ0n) is 11.1. The smallest absolute Gasteiger partial charge is 0.123 e. The van der Waals surface area contributed by atoms with E-state index in [9.17, 15) is 5.11 Å². The number of aromatic hydroxyl groups is 1. The van der Waals surface area contributed by atoms with Gasteiger partial charge in [-0.15, -0.1) is 0 Å². The summed E-state index contributed by atoms with van der Waals surface area (Å²) < 4.78 is 0. The summed E-state index contributed by atoms with van der Waals surface area (Å²) in [7, 11) is 0. The van der Waals surface area contributed by atoms with E-state index in [1.54, 1.807) is 6.07 Å². The third-order valence-corrected chi connectivity index (χ3v) is 3.27. The van der Waals surface area contributed by atoms with Gasteiger partial charge >= 0.3 is 0 Å². The van der Waals surface area contributed by atoms with Gasteiger partial charge in [0.15, 0.2) is 0 Å². The highest BCUT2D eigenvalue weighted by molar-refractivity contribution is 5.73. The van der Waals surface area contributed by atoms with E-state index in [2.05, 4.69) is 44.2 Å². The number of hydrogen-bond donors (Lipinski definition) is 1. The molecule has 2 rings (SSSR count). The fourth-order valence-electron chi connectivity index (χ4n) is 2.22. The zero-order valence-corrected chi connectivity index (χ0v) is 11.1. The van der Waals surface area contributed by atoms with E-state index in [4.69, 9.17) is 0 Å². The van der Waals surface area contributed by atoms with Gasteiger partial charge in [-0.3, -0.25) is 0 Å². The van der Waals surface area contributed by atoms with Gasteiger partial charge in [-0.2, -0.15) is 0 Å². The highest BCUT2D eigenvalue weighted by Crippen LogP contribution is 2.33. The van der Waals surface area contributed by atoms with Crippen molar-refractivity contribution in [3.05, 3.63) is 53.6 Å². The lowest BCUT2D eigenvalue weighted by Crippen LogP contribution is -1.91. The van der Waals surface area contributed by atoms with Gasteiger partial charge in [0, 0.05) is 5.56 Å². The Kier molecular flexibility index (Phi) is 4.03. The van der Waals surface area contributed by atoms with Crippen LogP contribution in [0.5, 0.6) is 5.75 Å². The largest absolute Gasteiger partial charge is 0.507 e. The van der Waals surface area contributed by atoms with Gasteiger partial charge < -0.3 is 5.11 Å². The average molecular weight is 240 g/mol. The third kappa shape index (κ3) is 2.73. The second-order valence-corrected chi connectivity index (χ2v) is 4.78. The summed E-state index contributed by atoms with van der Waals surface area (Å²) in [5.41, 5.74) is 4.57. The standard InChI is InChI=1S/C17H20O/c1-3-4-6-14-7-5-8-16(18)17(14)15-11-9-13(2)10-12-15/h5,7-12,18H,3-4,6H2,1-2H3. The minimum atomic E-state index is 0.382. The Morgan fingerprint density at radius 3 is 2.39 bits per heavy atom. The van der Waals surface area contributed by atoms with Gasteiger partial charge in [-0.25, -0.2) is 0 Å². The maximum Gasteiger partial charge on any atom is 0.123 e. The maximum absolute atomic E-state index is 10.1. The van der Waals surface area contributed by atoms with Crippen LogP contribution in [0, 0.1) is 6.92 Å². The van der Waals surface area contributed by atoms with Crippen LogP contribution in [-0.4, -0.2) is 5.11 Å². The number of aryl methyl sites for hydroxylation is 2. The molecule has 0 aliphatic carbocycles. The first kappa shape index (κ1) is 12.7. The molecule has 94 valence electrons. The fraction of sp³-hybridized carbons (Fsp3) is 0.294. The van der Waals surface area contributed by atoms with Gasteiger partial charge in [-0.05, 0) is 37.0 Å². The SMILES string of the molecule is CCCCc1cccc(O)c1-c1ccc(C)cc1. The lowest BCUT2D eigenvalue weighted by atomic mass is 9.95. The van der Waals surface area contributed by atoms with E-state index in [1.807, 2.05) is 6.07 Å². The van der Waals surface area contributed by atoms with E-state index >= 15 is 0 Å². The van der Waals surface area contributed by atoms with Crippen LogP contribution >= 0.6 is 0 Å². The molecule has 2 aromatic rings. The van der Waals surface area contributed by atoms with Gasteiger partial charge in [0.25, 0.3) is 0 Å². The lowest BCUT2D eigenvalue weighted by Gasteiger charge is -2.11. The molecule has 0 aliphatic rings. The molecule has 0 aromatic heterocycles. The first-order chi connectivity index (χ1) is 8.72. The molecule has 0 saturated carbocycles. The molecular formula is C17H20O. The highest BCUT2D eigenvalue weighted by atomic mass is 16.3. The molecule has 0 spiro atoms. The molecule has 1 N–H and O–H groups in total. The van der Waals surface area contributed by atoms with Gasteiger partial charge in [0.05, 0.1) is 0 Å². The first-order valence-corrected chi connectivity index (χ1v) is 6.60. The Balaban J connectivity index is 2.44. The normalized spacial score (nSPS) is 10.6. The van der Waals surface area contributed by atoms with Crippen LogP contribution < -0.4 is 0 Å². The van der Waals surface area contributed by atoms with Crippen molar-refractivity contribution in [2.24, 2.45) is 0 Å². The molecular weight excluding hydrogens is 220 g/mol. The Morgan fingerprint density at radius 2 is 1.72 bits per heavy atom. The number of unbranched alkanes of at least 4 members (excludes halogenated alkanes) is 1. The van der Waals surface area contributed by atoms with E-state index < -0.39 is 0 Å². The van der Waals surface area contributed by atoms with Crippen molar-refractivity contribution in [3.8, 4) is 16.9 Å². The van der Waals surface area contributed by atoms with Crippen LogP contribution in [0.25, 0.3) is 11.1 Å². The van der Waals surface area contributed by atoms with Crippen molar-refractivity contribution in [3.63, 3.8) is 0 Å². The van der Waals surface area contributed by atoms with Crippen LogP contribution in [0.4, 0.5) is 0 Å². The van der Waals surface area contributed by atoms with Crippen molar-refractivity contribution in [1.82, 2.24) is 0 Å². The summed E-state index contributed by atoms with van der Waals surface area (Å²) in [4.78, 5) is 0. The average Bonchev–Trinajstić information content (AvgIpc) is 2.38. The second kappa shape index (κ2) is 5.72. The Morgan fingerprint density at radius 1 is 1.00 bits per heavy atom. The molecule has 0 fully saturated rings. The van der Waals surface area contributed by atoms with Crippen LogP contribution in [-0.2, 0) is 6.42 Å². The molecule has 0 saturated heterocycles. The predicted octanol–water partition coefficient (Wildman–Crippen LogP) is 4.71. The molecule has 1 heteroatoms. The van der Waals surface area contributed by atoms with Crippen molar-refractivity contribution in [2.75, 3.05) is 0 Å². The zero-order chi connectivity index (χ0) is 13.0. The minimum Gasteiger partial charge on any atom is -0.507 e. The summed E-state index contributed by atoms with van der Waals surface area (Å²) >= 11 is 0. The third-order valence-electron chi connectivity index (χ3n) is 3.27. The molecule has 0 amide bonds. The first-order valence-electron chi connectivity index (χ1n) is 6.60. The molecule has 0 radical (unpaired) electrons. The maximum atomic E-state index is 10.1. The van der Waals surface area contributed by atoms with E-state index in [0.717, 1.165) is 24.0 Å². The summed E-state index contributed by atoms with van der Waals surface area (Å²) in [5.74, 6) is 0.382. The monoisotopic (exact) mass is 240 g/mol. The van der Waals surface area contributed by atoms with Crippen LogP contribution in [0.2, 0.25) is 0 Å². The Labute approximate surface area is 109 Å². The lowest BCUT2D eigenvalue weighted by molar-refractivity contribution is 0.476. The van der Waals surface area contributed by atoms with Gasteiger partial charge in [0.1, 0.15) is 5.75 Å². The molecule has 18 heavy (non-hydrogen) atoms. The number of hydrogen-bond acceptors (Lipinski definition) is 1. The quantitative estimate of drug-likeness (QED) is 0.820. The Hall–Kier alpha value is -1.76. The molecule has 2 aromatic carbocycles. The van der Waals surface area contributed by atoms with Crippen LogP contribution in [0.3, 0.4) is 0 Å². The number of phenols is 1. The van der Waals surface area contributed by atoms with Gasteiger partial charge in [-0.1, -0.05) is 55.3 Å². The van der Waals surface area contributed by atoms with Crippen molar-refractivity contribution in [1.29, 1.82) is 0 Å². The minimum absolute atomic E-state index is 0.382. The molecule has 0 heterocycles. The van der Waals surface area contributed by atoms with E-state index in [-0.39, 0.29) is 0 Å². The molecule has 0 atom stereocenters. The fourth-order valence-corrected chi connectivity index (χ4v) is 2.22. The molecule has 0 bridgehead atoms. The molecule has 0 unspecified atom stereocenters. The summed E-state index contributed by atoms with van der Waals surface area (Å²) in [6.07, 6.45) is 3.35.